The van der Waals surface area contributed by atoms with E-state index in [-0.39, 0.29) is 27.2 Å². The molecule has 0 saturated heterocycles. The summed E-state index contributed by atoms with van der Waals surface area (Å²) in [5.41, 5.74) is 0.579. The molecule has 3 rings (SSSR count). The zero-order valence-corrected chi connectivity index (χ0v) is 15.3. The molecule has 1 N–H and O–H groups in total. The number of aromatic nitrogens is 2. The average Bonchev–Trinajstić information content (AvgIpc) is 3.02. The number of sulfonamides is 1. The summed E-state index contributed by atoms with van der Waals surface area (Å²) in [7, 11) is -4.07. The lowest BCUT2D eigenvalue weighted by molar-refractivity contribution is -0.0498. The topological polar surface area (TPSA) is 94.3 Å². The van der Waals surface area contributed by atoms with Crippen LogP contribution in [-0.4, -0.2) is 25.2 Å². The zero-order valence-electron chi connectivity index (χ0n) is 13.7. The number of benzene rings is 2. The lowest BCUT2D eigenvalue weighted by atomic mass is 10.2. The first-order valence-corrected chi connectivity index (χ1v) is 9.29. The molecule has 0 radical (unpaired) electrons. The maximum atomic E-state index is 12.7. The summed E-state index contributed by atoms with van der Waals surface area (Å²) < 4.78 is 61.8. The molecule has 0 aliphatic heterocycles. The molecule has 2 aromatic carbocycles. The summed E-state index contributed by atoms with van der Waals surface area (Å²) in [5, 5.41) is 7.32. The number of ether oxygens (including phenoxy) is 1. The Morgan fingerprint density at radius 2 is 1.93 bits per heavy atom. The Morgan fingerprint density at radius 3 is 2.56 bits per heavy atom. The van der Waals surface area contributed by atoms with E-state index in [0.717, 1.165) is 18.2 Å². The van der Waals surface area contributed by atoms with Crippen molar-refractivity contribution in [2.75, 3.05) is 4.72 Å². The van der Waals surface area contributed by atoms with Crippen molar-refractivity contribution >= 4 is 27.3 Å². The summed E-state index contributed by atoms with van der Waals surface area (Å²) in [6.07, 6.45) is 0. The third-order valence-corrected chi connectivity index (χ3v) is 5.02. The Labute approximate surface area is 158 Å². The van der Waals surface area contributed by atoms with Gasteiger partial charge in [-0.3, -0.25) is 4.72 Å². The number of halogens is 3. The van der Waals surface area contributed by atoms with Crippen LogP contribution in [0.15, 0.2) is 51.8 Å². The second-order valence-electron chi connectivity index (χ2n) is 5.25. The SMILES string of the molecule is Cc1nnc(-c2ccccc2NS(=O)(=O)c2ccc(OC(F)F)c(Cl)c2)o1. The van der Waals surface area contributed by atoms with Crippen molar-refractivity contribution in [2.24, 2.45) is 0 Å². The van der Waals surface area contributed by atoms with Gasteiger partial charge in [0.1, 0.15) is 5.75 Å². The van der Waals surface area contributed by atoms with Gasteiger partial charge >= 0.3 is 6.61 Å². The second-order valence-corrected chi connectivity index (χ2v) is 7.34. The van der Waals surface area contributed by atoms with Crippen molar-refractivity contribution in [2.45, 2.75) is 18.4 Å². The Kier molecular flexibility index (Phi) is 5.29. The van der Waals surface area contributed by atoms with E-state index in [9.17, 15) is 17.2 Å². The molecule has 1 aromatic heterocycles. The first kappa shape index (κ1) is 19.1. The molecule has 3 aromatic rings. The third kappa shape index (κ3) is 4.34. The molecule has 1 heterocycles. The first-order chi connectivity index (χ1) is 12.8. The molecule has 27 heavy (non-hydrogen) atoms. The highest BCUT2D eigenvalue weighted by atomic mass is 35.5. The van der Waals surface area contributed by atoms with E-state index < -0.39 is 16.6 Å². The van der Waals surface area contributed by atoms with Crippen molar-refractivity contribution in [3.63, 3.8) is 0 Å². The van der Waals surface area contributed by atoms with Gasteiger partial charge in [0.15, 0.2) is 0 Å². The molecular formula is C16H12ClF2N3O4S. The molecule has 0 fully saturated rings. The van der Waals surface area contributed by atoms with E-state index in [4.69, 9.17) is 16.0 Å². The highest BCUT2D eigenvalue weighted by Crippen LogP contribution is 2.31. The van der Waals surface area contributed by atoms with E-state index in [1.165, 1.54) is 6.07 Å². The van der Waals surface area contributed by atoms with Gasteiger partial charge in [0.25, 0.3) is 10.0 Å². The Bertz CT molecular complexity index is 1070. The van der Waals surface area contributed by atoms with Crippen LogP contribution < -0.4 is 9.46 Å². The van der Waals surface area contributed by atoms with Crippen molar-refractivity contribution in [1.82, 2.24) is 10.2 Å². The fraction of sp³-hybridized carbons (Fsp3) is 0.125. The van der Waals surface area contributed by atoms with Gasteiger partial charge in [0, 0.05) is 6.92 Å². The fourth-order valence-electron chi connectivity index (χ4n) is 2.21. The van der Waals surface area contributed by atoms with E-state index in [1.807, 2.05) is 0 Å². The first-order valence-electron chi connectivity index (χ1n) is 7.43. The average molecular weight is 416 g/mol. The third-order valence-electron chi connectivity index (χ3n) is 3.36. The molecular weight excluding hydrogens is 404 g/mol. The van der Waals surface area contributed by atoms with E-state index in [1.54, 1.807) is 25.1 Å². The number of anilines is 1. The Balaban J connectivity index is 1.93. The number of hydrogen-bond acceptors (Lipinski definition) is 6. The largest absolute Gasteiger partial charge is 0.433 e. The van der Waals surface area contributed by atoms with Crippen LogP contribution in [-0.2, 0) is 10.0 Å². The van der Waals surface area contributed by atoms with E-state index in [0.29, 0.717) is 11.5 Å². The molecule has 0 aliphatic carbocycles. The lowest BCUT2D eigenvalue weighted by Crippen LogP contribution is -2.14. The molecule has 0 saturated carbocycles. The van der Waals surface area contributed by atoms with Crippen LogP contribution in [0.1, 0.15) is 5.89 Å². The number of rotatable bonds is 6. The molecule has 0 aliphatic rings. The van der Waals surface area contributed by atoms with Crippen molar-refractivity contribution in [3.05, 3.63) is 53.4 Å². The minimum absolute atomic E-state index is 0.143. The van der Waals surface area contributed by atoms with Crippen molar-refractivity contribution in [3.8, 4) is 17.2 Å². The van der Waals surface area contributed by atoms with E-state index in [2.05, 4.69) is 19.7 Å². The van der Waals surface area contributed by atoms with Crippen LogP contribution in [0.5, 0.6) is 5.75 Å². The zero-order chi connectivity index (χ0) is 19.6. The number of nitrogens with zero attached hydrogens (tertiary/aromatic N) is 2. The van der Waals surface area contributed by atoms with Crippen LogP contribution in [0.2, 0.25) is 5.02 Å². The number of hydrogen-bond donors (Lipinski definition) is 1. The number of nitrogens with one attached hydrogen (secondary N) is 1. The molecule has 0 unspecified atom stereocenters. The summed E-state index contributed by atoms with van der Waals surface area (Å²) in [5.74, 6) is 0.140. The van der Waals surface area contributed by atoms with Gasteiger partial charge in [0.05, 0.1) is 21.2 Å². The molecule has 0 bridgehead atoms. The normalized spacial score (nSPS) is 11.6. The predicted molar refractivity (Wildman–Crippen MR) is 93.4 cm³/mol. The van der Waals surface area contributed by atoms with Crippen molar-refractivity contribution in [1.29, 1.82) is 0 Å². The summed E-state index contributed by atoms with van der Waals surface area (Å²) in [6, 6.07) is 9.60. The number of aryl methyl sites for hydroxylation is 1. The standard InChI is InChI=1S/C16H12ClF2N3O4S/c1-9-20-21-15(25-9)11-4-2-3-5-13(11)22-27(23,24)10-6-7-14(12(17)8-10)26-16(18)19/h2-8,16,22H,1H3. The summed E-state index contributed by atoms with van der Waals surface area (Å²) >= 11 is 5.83. The molecule has 142 valence electrons. The van der Waals surface area contributed by atoms with Gasteiger partial charge in [-0.05, 0) is 30.3 Å². The smallest absolute Gasteiger partial charge is 0.387 e. The van der Waals surface area contributed by atoms with Crippen LogP contribution in [0.3, 0.4) is 0 Å². The van der Waals surface area contributed by atoms with Gasteiger partial charge in [-0.15, -0.1) is 10.2 Å². The monoisotopic (exact) mass is 415 g/mol. The van der Waals surface area contributed by atoms with Crippen LogP contribution in [0.4, 0.5) is 14.5 Å². The maximum Gasteiger partial charge on any atom is 0.387 e. The van der Waals surface area contributed by atoms with Crippen LogP contribution in [0, 0.1) is 6.92 Å². The van der Waals surface area contributed by atoms with Crippen molar-refractivity contribution < 1.29 is 26.4 Å². The molecule has 0 atom stereocenters. The second kappa shape index (κ2) is 7.49. The molecule has 11 heteroatoms. The van der Waals surface area contributed by atoms with Gasteiger partial charge in [-0.2, -0.15) is 8.78 Å². The van der Waals surface area contributed by atoms with Crippen LogP contribution >= 0.6 is 11.6 Å². The molecule has 0 amide bonds. The van der Waals surface area contributed by atoms with Gasteiger partial charge in [-0.1, -0.05) is 23.7 Å². The predicted octanol–water partition coefficient (Wildman–Crippen LogP) is 4.10. The highest BCUT2D eigenvalue weighted by molar-refractivity contribution is 7.92. The summed E-state index contributed by atoms with van der Waals surface area (Å²) in [6.45, 7) is -1.47. The van der Waals surface area contributed by atoms with Crippen LogP contribution in [0.25, 0.3) is 11.5 Å². The number of alkyl halides is 2. The molecule has 7 nitrogen and oxygen atoms in total. The quantitative estimate of drug-likeness (QED) is 0.651. The van der Waals surface area contributed by atoms with Gasteiger partial charge in [0.2, 0.25) is 11.8 Å². The highest BCUT2D eigenvalue weighted by Gasteiger charge is 2.20. The Morgan fingerprint density at radius 1 is 1.19 bits per heavy atom. The summed E-state index contributed by atoms with van der Waals surface area (Å²) in [4.78, 5) is -0.231. The maximum absolute atomic E-state index is 12.7. The minimum atomic E-state index is -4.07. The molecule has 0 spiro atoms. The Hall–Kier alpha value is -2.72. The van der Waals surface area contributed by atoms with Gasteiger partial charge in [-0.25, -0.2) is 8.42 Å². The lowest BCUT2D eigenvalue weighted by Gasteiger charge is -2.12. The number of para-hydroxylation sites is 1. The minimum Gasteiger partial charge on any atom is -0.433 e. The van der Waals surface area contributed by atoms with E-state index >= 15 is 0 Å². The fourth-order valence-corrected chi connectivity index (χ4v) is 3.60. The van der Waals surface area contributed by atoms with Gasteiger partial charge < -0.3 is 9.15 Å².